The molecule has 0 spiro atoms. The molecule has 4 aromatic rings. The molecule has 8 nitrogen and oxygen atoms in total. The third-order valence-corrected chi connectivity index (χ3v) is 4.75. The number of nitrogens with zero attached hydrogens (tertiary/aromatic N) is 3. The molecule has 0 aliphatic rings. The van der Waals surface area contributed by atoms with Gasteiger partial charge in [-0.25, -0.2) is 4.68 Å². The van der Waals surface area contributed by atoms with Gasteiger partial charge in [-0.3, -0.25) is 4.79 Å². The number of carbonyl (C=O) groups is 1. The summed E-state index contributed by atoms with van der Waals surface area (Å²) in [6.45, 7) is 2.04. The van der Waals surface area contributed by atoms with Gasteiger partial charge < -0.3 is 19.3 Å². The number of amides is 1. The van der Waals surface area contributed by atoms with E-state index in [4.69, 9.17) is 14.0 Å². The lowest BCUT2D eigenvalue weighted by atomic mass is 10.1. The fourth-order valence-corrected chi connectivity index (χ4v) is 3.23. The Bertz CT molecular complexity index is 1200. The molecule has 0 unspecified atom stereocenters. The molecule has 0 atom stereocenters. The van der Waals surface area contributed by atoms with E-state index < -0.39 is 0 Å². The first-order chi connectivity index (χ1) is 15.1. The monoisotopic (exact) mass is 418 g/mol. The fourth-order valence-electron chi connectivity index (χ4n) is 3.23. The summed E-state index contributed by atoms with van der Waals surface area (Å²) in [7, 11) is 3.15. The Morgan fingerprint density at radius 1 is 1.06 bits per heavy atom. The number of para-hydroxylation sites is 1. The topological polar surface area (TPSA) is 91.4 Å². The van der Waals surface area contributed by atoms with Crippen molar-refractivity contribution in [1.82, 2.24) is 20.3 Å². The molecule has 0 saturated heterocycles. The minimum absolute atomic E-state index is 0.236. The van der Waals surface area contributed by atoms with Crippen LogP contribution in [0.1, 0.15) is 21.9 Å². The standard InChI is InChI=1S/C23H22N4O4/c1-15-11-17(26-31-15)13-24-23(28)22-19(14-27(25-22)18-7-5-4-6-8-18)16-9-10-20(29-2)21(12-16)30-3/h4-12,14H,13H2,1-3H3,(H,24,28). The van der Waals surface area contributed by atoms with Gasteiger partial charge in [0.05, 0.1) is 26.5 Å². The number of aryl methyl sites for hydroxylation is 1. The third-order valence-electron chi connectivity index (χ3n) is 4.75. The number of ether oxygens (including phenoxy) is 2. The van der Waals surface area contributed by atoms with Crippen molar-refractivity contribution >= 4 is 5.91 Å². The highest BCUT2D eigenvalue weighted by Gasteiger charge is 2.20. The molecule has 1 amide bonds. The van der Waals surface area contributed by atoms with Gasteiger partial charge in [-0.1, -0.05) is 29.4 Å². The lowest BCUT2D eigenvalue weighted by molar-refractivity contribution is 0.0945. The van der Waals surface area contributed by atoms with Gasteiger partial charge in [0.15, 0.2) is 17.2 Å². The van der Waals surface area contributed by atoms with Gasteiger partial charge in [0.1, 0.15) is 11.5 Å². The molecule has 2 heterocycles. The lowest BCUT2D eigenvalue weighted by Gasteiger charge is -2.09. The minimum Gasteiger partial charge on any atom is -0.493 e. The van der Waals surface area contributed by atoms with E-state index in [1.165, 1.54) is 0 Å². The van der Waals surface area contributed by atoms with Crippen LogP contribution in [0.3, 0.4) is 0 Å². The molecular formula is C23H22N4O4. The zero-order valence-electron chi connectivity index (χ0n) is 17.5. The Balaban J connectivity index is 1.72. The maximum Gasteiger partial charge on any atom is 0.272 e. The summed E-state index contributed by atoms with van der Waals surface area (Å²) in [5.41, 5.74) is 3.22. The van der Waals surface area contributed by atoms with Crippen LogP contribution in [0.25, 0.3) is 16.8 Å². The van der Waals surface area contributed by atoms with Crippen LogP contribution in [-0.2, 0) is 6.54 Å². The van der Waals surface area contributed by atoms with Crippen LogP contribution in [-0.4, -0.2) is 35.1 Å². The van der Waals surface area contributed by atoms with Gasteiger partial charge in [-0.05, 0) is 36.8 Å². The van der Waals surface area contributed by atoms with E-state index in [1.54, 1.807) is 38.0 Å². The predicted octanol–water partition coefficient (Wildman–Crippen LogP) is 3.78. The number of aromatic nitrogens is 3. The largest absolute Gasteiger partial charge is 0.493 e. The summed E-state index contributed by atoms with van der Waals surface area (Å²) in [4.78, 5) is 13.0. The second-order valence-electron chi connectivity index (χ2n) is 6.85. The smallest absolute Gasteiger partial charge is 0.272 e. The van der Waals surface area contributed by atoms with E-state index in [0.29, 0.717) is 28.5 Å². The first kappa shape index (κ1) is 20.2. The third kappa shape index (κ3) is 4.28. The highest BCUT2D eigenvalue weighted by molar-refractivity contribution is 5.99. The average Bonchev–Trinajstić information content (AvgIpc) is 3.44. The van der Waals surface area contributed by atoms with Crippen LogP contribution >= 0.6 is 0 Å². The summed E-state index contributed by atoms with van der Waals surface area (Å²) >= 11 is 0. The van der Waals surface area contributed by atoms with Crippen molar-refractivity contribution in [2.24, 2.45) is 0 Å². The Morgan fingerprint density at radius 3 is 2.52 bits per heavy atom. The van der Waals surface area contributed by atoms with Crippen LogP contribution in [0.15, 0.2) is 65.3 Å². The molecule has 0 aliphatic heterocycles. The quantitative estimate of drug-likeness (QED) is 0.491. The maximum atomic E-state index is 13.0. The number of benzene rings is 2. The number of methoxy groups -OCH3 is 2. The highest BCUT2D eigenvalue weighted by atomic mass is 16.5. The van der Waals surface area contributed by atoms with E-state index >= 15 is 0 Å². The first-order valence-electron chi connectivity index (χ1n) is 9.67. The summed E-state index contributed by atoms with van der Waals surface area (Å²) in [5, 5.41) is 11.3. The normalized spacial score (nSPS) is 10.7. The Labute approximate surface area is 179 Å². The molecular weight excluding hydrogens is 396 g/mol. The molecule has 8 heteroatoms. The fraction of sp³-hybridized carbons (Fsp3) is 0.174. The van der Waals surface area contributed by atoms with Crippen molar-refractivity contribution in [3.8, 4) is 28.3 Å². The lowest BCUT2D eigenvalue weighted by Crippen LogP contribution is -2.24. The van der Waals surface area contributed by atoms with Crippen LogP contribution in [0, 0.1) is 6.92 Å². The van der Waals surface area contributed by atoms with Crippen LogP contribution in [0.2, 0.25) is 0 Å². The van der Waals surface area contributed by atoms with Crippen molar-refractivity contribution in [3.63, 3.8) is 0 Å². The summed E-state index contributed by atoms with van der Waals surface area (Å²) in [5.74, 6) is 1.54. The number of hydrogen-bond acceptors (Lipinski definition) is 6. The molecule has 0 radical (unpaired) electrons. The Hall–Kier alpha value is -4.07. The second-order valence-corrected chi connectivity index (χ2v) is 6.85. The minimum atomic E-state index is -0.319. The molecule has 0 fully saturated rings. The molecule has 1 N–H and O–H groups in total. The average molecular weight is 418 g/mol. The molecule has 158 valence electrons. The van der Waals surface area contributed by atoms with Gasteiger partial charge in [0.25, 0.3) is 5.91 Å². The van der Waals surface area contributed by atoms with E-state index in [2.05, 4.69) is 15.6 Å². The second kappa shape index (κ2) is 8.74. The van der Waals surface area contributed by atoms with E-state index in [9.17, 15) is 4.79 Å². The van der Waals surface area contributed by atoms with Gasteiger partial charge in [0, 0.05) is 17.8 Å². The van der Waals surface area contributed by atoms with Crippen molar-refractivity contribution in [2.75, 3.05) is 14.2 Å². The Kier molecular flexibility index (Phi) is 5.70. The maximum absolute atomic E-state index is 13.0. The summed E-state index contributed by atoms with van der Waals surface area (Å²) in [6.07, 6.45) is 1.83. The van der Waals surface area contributed by atoms with E-state index in [-0.39, 0.29) is 18.1 Å². The van der Waals surface area contributed by atoms with Gasteiger partial charge in [-0.15, -0.1) is 0 Å². The summed E-state index contributed by atoms with van der Waals surface area (Å²) in [6, 6.07) is 16.9. The molecule has 4 rings (SSSR count). The molecule has 2 aromatic heterocycles. The van der Waals surface area contributed by atoms with Crippen LogP contribution < -0.4 is 14.8 Å². The highest BCUT2D eigenvalue weighted by Crippen LogP contribution is 2.34. The van der Waals surface area contributed by atoms with Crippen molar-refractivity contribution in [3.05, 3.63) is 77.9 Å². The van der Waals surface area contributed by atoms with Crippen molar-refractivity contribution < 1.29 is 18.8 Å². The number of hydrogen-bond donors (Lipinski definition) is 1. The number of nitrogens with one attached hydrogen (secondary N) is 1. The van der Waals surface area contributed by atoms with Gasteiger partial charge in [0.2, 0.25) is 0 Å². The molecule has 0 bridgehead atoms. The Morgan fingerprint density at radius 2 is 1.84 bits per heavy atom. The molecule has 0 aliphatic carbocycles. The van der Waals surface area contributed by atoms with E-state index in [1.807, 2.05) is 48.7 Å². The molecule has 2 aromatic carbocycles. The number of carbonyl (C=O) groups excluding carboxylic acids is 1. The first-order valence-corrected chi connectivity index (χ1v) is 9.67. The van der Waals surface area contributed by atoms with Crippen molar-refractivity contribution in [2.45, 2.75) is 13.5 Å². The molecule has 0 saturated carbocycles. The van der Waals surface area contributed by atoms with Crippen LogP contribution in [0.5, 0.6) is 11.5 Å². The van der Waals surface area contributed by atoms with Gasteiger partial charge >= 0.3 is 0 Å². The van der Waals surface area contributed by atoms with Crippen LogP contribution in [0.4, 0.5) is 0 Å². The van der Waals surface area contributed by atoms with Crippen molar-refractivity contribution in [1.29, 1.82) is 0 Å². The summed E-state index contributed by atoms with van der Waals surface area (Å²) < 4.78 is 17.5. The zero-order chi connectivity index (χ0) is 21.8. The van der Waals surface area contributed by atoms with Gasteiger partial charge in [-0.2, -0.15) is 5.10 Å². The van der Waals surface area contributed by atoms with E-state index in [0.717, 1.165) is 11.3 Å². The molecule has 31 heavy (non-hydrogen) atoms. The number of rotatable bonds is 7. The SMILES string of the molecule is COc1ccc(-c2cn(-c3ccccc3)nc2C(=O)NCc2cc(C)on2)cc1OC. The zero-order valence-corrected chi connectivity index (χ0v) is 17.5. The predicted molar refractivity (Wildman–Crippen MR) is 115 cm³/mol.